The van der Waals surface area contributed by atoms with Gasteiger partial charge < -0.3 is 10.0 Å². The second-order valence-electron chi connectivity index (χ2n) is 5.42. The van der Waals surface area contributed by atoms with Gasteiger partial charge in [0.05, 0.1) is 6.10 Å². The van der Waals surface area contributed by atoms with Crippen molar-refractivity contribution in [3.63, 3.8) is 0 Å². The van der Waals surface area contributed by atoms with Gasteiger partial charge in [0.15, 0.2) is 0 Å². The first-order valence-electron chi connectivity index (χ1n) is 6.63. The summed E-state index contributed by atoms with van der Waals surface area (Å²) in [6.45, 7) is 7.54. The van der Waals surface area contributed by atoms with Gasteiger partial charge in [-0.25, -0.2) is 0 Å². The van der Waals surface area contributed by atoms with E-state index in [4.69, 9.17) is 0 Å². The standard InChI is InChI=1S/C15H23NO/c1-11-8-9-12(2)16(10-11)15-7-5-4-6-14(15)13(3)17/h4-7,11-13,17H,8-10H2,1-3H3. The second kappa shape index (κ2) is 5.09. The van der Waals surface area contributed by atoms with Gasteiger partial charge in [-0.05, 0) is 38.7 Å². The molecular weight excluding hydrogens is 210 g/mol. The number of benzene rings is 1. The van der Waals surface area contributed by atoms with Crippen LogP contribution in [0.25, 0.3) is 0 Å². The number of para-hydroxylation sites is 1. The lowest BCUT2D eigenvalue weighted by molar-refractivity contribution is 0.199. The predicted octanol–water partition coefficient (Wildman–Crippen LogP) is 3.36. The number of aliphatic hydroxyl groups is 1. The highest BCUT2D eigenvalue weighted by atomic mass is 16.3. The predicted molar refractivity (Wildman–Crippen MR) is 72.3 cm³/mol. The van der Waals surface area contributed by atoms with Crippen molar-refractivity contribution in [1.29, 1.82) is 0 Å². The van der Waals surface area contributed by atoms with Crippen LogP contribution in [0.2, 0.25) is 0 Å². The van der Waals surface area contributed by atoms with E-state index in [1.807, 2.05) is 19.1 Å². The van der Waals surface area contributed by atoms with E-state index in [0.717, 1.165) is 18.0 Å². The maximum absolute atomic E-state index is 9.86. The molecule has 0 spiro atoms. The third kappa shape index (κ3) is 2.63. The van der Waals surface area contributed by atoms with Crippen LogP contribution >= 0.6 is 0 Å². The summed E-state index contributed by atoms with van der Waals surface area (Å²) in [6, 6.07) is 8.81. The molecule has 2 nitrogen and oxygen atoms in total. The van der Waals surface area contributed by atoms with E-state index in [1.54, 1.807) is 0 Å². The number of nitrogens with zero attached hydrogens (tertiary/aromatic N) is 1. The van der Waals surface area contributed by atoms with Crippen LogP contribution in [0.15, 0.2) is 24.3 Å². The molecule has 1 fully saturated rings. The Morgan fingerprint density at radius 3 is 2.65 bits per heavy atom. The summed E-state index contributed by atoms with van der Waals surface area (Å²) >= 11 is 0. The number of hydrogen-bond acceptors (Lipinski definition) is 2. The van der Waals surface area contributed by atoms with Gasteiger partial charge in [0.2, 0.25) is 0 Å². The van der Waals surface area contributed by atoms with Crippen LogP contribution < -0.4 is 4.90 Å². The Morgan fingerprint density at radius 1 is 1.24 bits per heavy atom. The summed E-state index contributed by atoms with van der Waals surface area (Å²) in [5, 5.41) is 9.86. The molecule has 0 amide bonds. The van der Waals surface area contributed by atoms with Gasteiger partial charge in [-0.2, -0.15) is 0 Å². The molecule has 1 N–H and O–H groups in total. The molecule has 94 valence electrons. The van der Waals surface area contributed by atoms with Crippen molar-refractivity contribution in [1.82, 2.24) is 0 Å². The average molecular weight is 233 g/mol. The molecule has 1 aliphatic heterocycles. The maximum Gasteiger partial charge on any atom is 0.0781 e. The monoisotopic (exact) mass is 233 g/mol. The van der Waals surface area contributed by atoms with Crippen molar-refractivity contribution in [3.8, 4) is 0 Å². The average Bonchev–Trinajstić information content (AvgIpc) is 2.32. The molecule has 0 aromatic heterocycles. The van der Waals surface area contributed by atoms with Crippen LogP contribution in [-0.4, -0.2) is 17.7 Å². The molecule has 2 heteroatoms. The van der Waals surface area contributed by atoms with Crippen molar-refractivity contribution >= 4 is 5.69 Å². The summed E-state index contributed by atoms with van der Waals surface area (Å²) in [5.41, 5.74) is 2.26. The number of piperidine rings is 1. The number of anilines is 1. The SMILES string of the molecule is CC1CCC(C)N(c2ccccc2C(C)O)C1. The van der Waals surface area contributed by atoms with Crippen LogP contribution in [0.1, 0.15) is 45.3 Å². The topological polar surface area (TPSA) is 23.5 Å². The Labute approximate surface area is 104 Å². The third-order valence-corrected chi connectivity index (χ3v) is 3.81. The molecule has 3 atom stereocenters. The quantitative estimate of drug-likeness (QED) is 0.846. The zero-order valence-electron chi connectivity index (χ0n) is 11.1. The van der Waals surface area contributed by atoms with Gasteiger partial charge in [-0.3, -0.25) is 0 Å². The largest absolute Gasteiger partial charge is 0.389 e. The highest BCUT2D eigenvalue weighted by Gasteiger charge is 2.25. The Morgan fingerprint density at radius 2 is 1.94 bits per heavy atom. The van der Waals surface area contributed by atoms with Crippen LogP contribution in [0.4, 0.5) is 5.69 Å². The van der Waals surface area contributed by atoms with Crippen LogP contribution in [0, 0.1) is 5.92 Å². The molecule has 1 heterocycles. The lowest BCUT2D eigenvalue weighted by atomic mass is 9.93. The highest BCUT2D eigenvalue weighted by molar-refractivity contribution is 5.55. The minimum Gasteiger partial charge on any atom is -0.389 e. The summed E-state index contributed by atoms with van der Waals surface area (Å²) in [6.07, 6.45) is 2.17. The molecule has 17 heavy (non-hydrogen) atoms. The Hall–Kier alpha value is -1.02. The lowest BCUT2D eigenvalue weighted by Gasteiger charge is -2.40. The van der Waals surface area contributed by atoms with Crippen molar-refractivity contribution in [2.75, 3.05) is 11.4 Å². The first-order chi connectivity index (χ1) is 8.09. The Balaban J connectivity index is 2.31. The first kappa shape index (κ1) is 12.4. The number of hydrogen-bond donors (Lipinski definition) is 1. The summed E-state index contributed by atoms with van der Waals surface area (Å²) < 4.78 is 0. The highest BCUT2D eigenvalue weighted by Crippen LogP contribution is 2.32. The van der Waals surface area contributed by atoms with Gasteiger partial charge in [-0.1, -0.05) is 25.1 Å². The minimum absolute atomic E-state index is 0.393. The first-order valence-corrected chi connectivity index (χ1v) is 6.63. The van der Waals surface area contributed by atoms with E-state index in [-0.39, 0.29) is 0 Å². The fraction of sp³-hybridized carbons (Fsp3) is 0.600. The lowest BCUT2D eigenvalue weighted by Crippen LogP contribution is -2.41. The van der Waals surface area contributed by atoms with E-state index in [0.29, 0.717) is 6.04 Å². The molecule has 1 aromatic carbocycles. The number of aliphatic hydroxyl groups excluding tert-OH is 1. The van der Waals surface area contributed by atoms with E-state index >= 15 is 0 Å². The van der Waals surface area contributed by atoms with E-state index in [2.05, 4.69) is 30.9 Å². The summed E-state index contributed by atoms with van der Waals surface area (Å²) in [4.78, 5) is 2.45. The Bertz CT molecular complexity index is 375. The molecule has 0 aliphatic carbocycles. The normalized spacial score (nSPS) is 26.9. The molecule has 1 aromatic rings. The molecule has 2 rings (SSSR count). The van der Waals surface area contributed by atoms with Crippen molar-refractivity contribution in [3.05, 3.63) is 29.8 Å². The molecule has 1 aliphatic rings. The van der Waals surface area contributed by atoms with Gasteiger partial charge in [0, 0.05) is 23.8 Å². The summed E-state index contributed by atoms with van der Waals surface area (Å²) in [5.74, 6) is 0.744. The Kier molecular flexibility index (Phi) is 3.72. The molecule has 0 saturated carbocycles. The fourth-order valence-corrected chi connectivity index (χ4v) is 2.73. The van der Waals surface area contributed by atoms with Crippen LogP contribution in [-0.2, 0) is 0 Å². The molecule has 0 bridgehead atoms. The van der Waals surface area contributed by atoms with Crippen molar-refractivity contribution in [2.24, 2.45) is 5.92 Å². The minimum atomic E-state index is -0.393. The van der Waals surface area contributed by atoms with Crippen LogP contribution in [0.5, 0.6) is 0 Å². The molecule has 3 unspecified atom stereocenters. The van der Waals surface area contributed by atoms with Gasteiger partial charge >= 0.3 is 0 Å². The van der Waals surface area contributed by atoms with Gasteiger partial charge in [0.1, 0.15) is 0 Å². The zero-order chi connectivity index (χ0) is 12.4. The van der Waals surface area contributed by atoms with Crippen LogP contribution in [0.3, 0.4) is 0 Å². The zero-order valence-corrected chi connectivity index (χ0v) is 11.1. The molecular formula is C15H23NO. The number of rotatable bonds is 2. The molecule has 0 radical (unpaired) electrons. The fourth-order valence-electron chi connectivity index (χ4n) is 2.73. The smallest absolute Gasteiger partial charge is 0.0781 e. The van der Waals surface area contributed by atoms with Gasteiger partial charge in [-0.15, -0.1) is 0 Å². The van der Waals surface area contributed by atoms with Crippen molar-refractivity contribution < 1.29 is 5.11 Å². The summed E-state index contributed by atoms with van der Waals surface area (Å²) in [7, 11) is 0. The maximum atomic E-state index is 9.86. The molecule has 1 saturated heterocycles. The third-order valence-electron chi connectivity index (χ3n) is 3.81. The van der Waals surface area contributed by atoms with E-state index in [1.165, 1.54) is 18.5 Å². The van der Waals surface area contributed by atoms with Gasteiger partial charge in [0.25, 0.3) is 0 Å². The second-order valence-corrected chi connectivity index (χ2v) is 5.42. The van der Waals surface area contributed by atoms with E-state index in [9.17, 15) is 5.11 Å². The van der Waals surface area contributed by atoms with E-state index < -0.39 is 6.10 Å². The van der Waals surface area contributed by atoms with Crippen molar-refractivity contribution in [2.45, 2.75) is 45.8 Å².